The second kappa shape index (κ2) is 33.5. The van der Waals surface area contributed by atoms with E-state index in [1.54, 1.807) is 13.8 Å². The van der Waals surface area contributed by atoms with Gasteiger partial charge in [0, 0.05) is 12.8 Å². The third kappa shape index (κ3) is 21.0. The van der Waals surface area contributed by atoms with Crippen molar-refractivity contribution in [2.75, 3.05) is 52.9 Å². The summed E-state index contributed by atoms with van der Waals surface area (Å²) in [5, 5.41) is 0. The van der Waals surface area contributed by atoms with Gasteiger partial charge in [-0.2, -0.15) is 0 Å². The molecule has 56 heavy (non-hydrogen) atoms. The molecular formula is C44H86O12. The minimum atomic E-state index is -1.92. The van der Waals surface area contributed by atoms with Crippen LogP contribution in [0.4, 0.5) is 0 Å². The van der Waals surface area contributed by atoms with Gasteiger partial charge in [-0.05, 0) is 78.1 Å². The highest BCUT2D eigenvalue weighted by Gasteiger charge is 2.59. The van der Waals surface area contributed by atoms with Crippen LogP contribution in [0, 0.1) is 0 Å². The molecule has 0 radical (unpaired) electrons. The number of carbonyl (C=O) groups is 2. The number of hydrogen-bond donors (Lipinski definition) is 0. The van der Waals surface area contributed by atoms with E-state index in [1.807, 2.05) is 41.5 Å². The second-order valence-electron chi connectivity index (χ2n) is 14.8. The minimum Gasteiger partial charge on any atom is -0.403 e. The summed E-state index contributed by atoms with van der Waals surface area (Å²) in [7, 11) is 0. The molecule has 2 unspecified atom stereocenters. The molecule has 0 spiro atoms. The zero-order valence-corrected chi connectivity index (χ0v) is 37.7. The van der Waals surface area contributed by atoms with Crippen molar-refractivity contribution in [3.63, 3.8) is 0 Å². The van der Waals surface area contributed by atoms with Crippen molar-refractivity contribution in [2.45, 2.75) is 221 Å². The van der Waals surface area contributed by atoms with Crippen LogP contribution in [0.5, 0.6) is 0 Å². The predicted octanol–water partition coefficient (Wildman–Crippen LogP) is 10.9. The molecule has 0 rings (SSSR count). The molecule has 0 aromatic heterocycles. The van der Waals surface area contributed by atoms with Gasteiger partial charge in [-0.25, -0.2) is 0 Å². The highest BCUT2D eigenvalue weighted by atomic mass is 16.9. The molecule has 0 bridgehead atoms. The first-order valence-electron chi connectivity index (χ1n) is 22.5. The summed E-state index contributed by atoms with van der Waals surface area (Å²) in [5.41, 5.74) is 0. The minimum absolute atomic E-state index is 0.00313. The Bertz CT molecular complexity index is 859. The molecule has 0 fully saturated rings. The normalized spacial score (nSPS) is 14.4. The van der Waals surface area contributed by atoms with Crippen molar-refractivity contribution in [1.29, 1.82) is 0 Å². The maximum absolute atomic E-state index is 13.6. The molecule has 0 saturated heterocycles. The predicted molar refractivity (Wildman–Crippen MR) is 220 cm³/mol. The van der Waals surface area contributed by atoms with Gasteiger partial charge in [-0.3, -0.25) is 9.59 Å². The van der Waals surface area contributed by atoms with Crippen LogP contribution < -0.4 is 0 Å². The Kier molecular flexibility index (Phi) is 32.6. The average Bonchev–Trinajstić information content (AvgIpc) is 3.19. The lowest BCUT2D eigenvalue weighted by atomic mass is 10.1. The zero-order chi connectivity index (χ0) is 42.0. The van der Waals surface area contributed by atoms with Gasteiger partial charge in [-0.15, -0.1) is 0 Å². The van der Waals surface area contributed by atoms with Gasteiger partial charge in [0.1, 0.15) is 0 Å². The van der Waals surface area contributed by atoms with Crippen LogP contribution in [0.2, 0.25) is 0 Å². The fraction of sp³-hybridized carbons (Fsp3) is 0.955. The third-order valence-corrected chi connectivity index (χ3v) is 9.02. The SMILES string of the molecule is CCCCCCCOC(C)(OCCC)C(OCCC)(OCCC)OC(=O)CCCCC(=O)OC(OCCC)(OCCC)C(C)(OCCC)OCCCCCCC. The fourth-order valence-electron chi connectivity index (χ4n) is 5.77. The van der Waals surface area contributed by atoms with Gasteiger partial charge in [0.15, 0.2) is 0 Å². The van der Waals surface area contributed by atoms with Gasteiger partial charge in [0.25, 0.3) is 11.6 Å². The Hall–Kier alpha value is -1.38. The molecule has 0 heterocycles. The number of esters is 2. The van der Waals surface area contributed by atoms with E-state index in [0.717, 1.165) is 64.2 Å². The number of unbranched alkanes of at least 4 members (excludes halogenated alkanes) is 9. The van der Waals surface area contributed by atoms with Crippen LogP contribution in [-0.4, -0.2) is 88.3 Å². The van der Waals surface area contributed by atoms with Crippen LogP contribution >= 0.6 is 0 Å². The number of ether oxygens (including phenoxy) is 10. The van der Waals surface area contributed by atoms with Crippen molar-refractivity contribution in [2.24, 2.45) is 0 Å². The summed E-state index contributed by atoms with van der Waals surface area (Å²) in [6, 6.07) is 0. The van der Waals surface area contributed by atoms with Gasteiger partial charge < -0.3 is 47.4 Å². The quantitative estimate of drug-likeness (QED) is 0.0331. The van der Waals surface area contributed by atoms with Gasteiger partial charge in [-0.1, -0.05) is 107 Å². The Morgan fingerprint density at radius 3 is 0.875 bits per heavy atom. The van der Waals surface area contributed by atoms with Crippen molar-refractivity contribution >= 4 is 11.9 Å². The molecule has 12 nitrogen and oxygen atoms in total. The fourth-order valence-corrected chi connectivity index (χ4v) is 5.77. The van der Waals surface area contributed by atoms with Crippen LogP contribution in [0.25, 0.3) is 0 Å². The molecular weight excluding hydrogens is 720 g/mol. The summed E-state index contributed by atoms with van der Waals surface area (Å²) in [6.07, 6.45) is 15.4. The van der Waals surface area contributed by atoms with Crippen LogP contribution in [0.15, 0.2) is 0 Å². The molecule has 0 aromatic carbocycles. The maximum atomic E-state index is 13.6. The number of rotatable bonds is 41. The second-order valence-corrected chi connectivity index (χ2v) is 14.8. The lowest BCUT2D eigenvalue weighted by Gasteiger charge is -2.44. The van der Waals surface area contributed by atoms with E-state index < -0.39 is 35.5 Å². The molecule has 0 aliphatic carbocycles. The maximum Gasteiger partial charge on any atom is 0.386 e. The van der Waals surface area contributed by atoms with E-state index in [9.17, 15) is 9.59 Å². The van der Waals surface area contributed by atoms with Crippen LogP contribution in [0.3, 0.4) is 0 Å². The van der Waals surface area contributed by atoms with Crippen LogP contribution in [0.1, 0.15) is 198 Å². The van der Waals surface area contributed by atoms with Crippen LogP contribution in [-0.2, 0) is 57.0 Å². The van der Waals surface area contributed by atoms with E-state index in [0.29, 0.717) is 65.0 Å². The smallest absolute Gasteiger partial charge is 0.386 e. The largest absolute Gasteiger partial charge is 0.403 e. The summed E-state index contributed by atoms with van der Waals surface area (Å²) < 4.78 is 62.5. The van der Waals surface area contributed by atoms with Crippen molar-refractivity contribution in [1.82, 2.24) is 0 Å². The first-order valence-corrected chi connectivity index (χ1v) is 22.5. The summed E-state index contributed by atoms with van der Waals surface area (Å²) in [4.78, 5) is 27.2. The molecule has 0 N–H and O–H groups in total. The summed E-state index contributed by atoms with van der Waals surface area (Å²) in [5.74, 6) is -7.96. The Balaban J connectivity index is 6.02. The summed E-state index contributed by atoms with van der Waals surface area (Å²) in [6.45, 7) is 22.3. The molecule has 0 amide bonds. The number of carbonyl (C=O) groups excluding carboxylic acids is 2. The monoisotopic (exact) mass is 807 g/mol. The van der Waals surface area contributed by atoms with Gasteiger partial charge in [0.2, 0.25) is 0 Å². The zero-order valence-electron chi connectivity index (χ0n) is 37.7. The molecule has 334 valence electrons. The van der Waals surface area contributed by atoms with Gasteiger partial charge in [0.05, 0.1) is 52.9 Å². The topological polar surface area (TPSA) is 126 Å². The van der Waals surface area contributed by atoms with Crippen molar-refractivity contribution in [3.8, 4) is 0 Å². The van der Waals surface area contributed by atoms with Gasteiger partial charge >= 0.3 is 23.9 Å². The van der Waals surface area contributed by atoms with E-state index >= 15 is 0 Å². The first-order chi connectivity index (χ1) is 27.0. The highest BCUT2D eigenvalue weighted by Crippen LogP contribution is 2.38. The van der Waals surface area contributed by atoms with Crippen molar-refractivity contribution in [3.05, 3.63) is 0 Å². The Labute approximate surface area is 342 Å². The van der Waals surface area contributed by atoms with E-state index in [-0.39, 0.29) is 39.3 Å². The molecule has 2 atom stereocenters. The summed E-state index contributed by atoms with van der Waals surface area (Å²) >= 11 is 0. The number of hydrogen-bond acceptors (Lipinski definition) is 12. The molecule has 0 aromatic rings. The average molecular weight is 807 g/mol. The van der Waals surface area contributed by atoms with E-state index in [2.05, 4.69) is 13.8 Å². The molecule has 0 aliphatic heterocycles. The lowest BCUT2D eigenvalue weighted by Crippen LogP contribution is -2.62. The Morgan fingerprint density at radius 1 is 0.321 bits per heavy atom. The molecule has 0 aliphatic rings. The molecule has 12 heteroatoms. The Morgan fingerprint density at radius 2 is 0.589 bits per heavy atom. The van der Waals surface area contributed by atoms with Crippen molar-refractivity contribution < 1.29 is 57.0 Å². The standard InChI is InChI=1S/C44H86O12/c1-11-19-21-23-27-37-49-41(9,47-31-13-3)43(51-33-15-5,52-34-16-6)55-39(45)29-25-26-30-40(46)56-44(53-35-17-7,54-36-18-8)42(10,48-32-14-4)50-38-28-24-22-20-12-2/h11-38H2,1-10H3. The first kappa shape index (κ1) is 54.6. The third-order valence-electron chi connectivity index (χ3n) is 9.02. The lowest BCUT2D eigenvalue weighted by molar-refractivity contribution is -0.480. The molecule has 0 saturated carbocycles. The highest BCUT2D eigenvalue weighted by molar-refractivity contribution is 5.71. The van der Waals surface area contributed by atoms with E-state index in [4.69, 9.17) is 47.4 Å². The van der Waals surface area contributed by atoms with E-state index in [1.165, 1.54) is 12.8 Å².